The molecule has 0 aliphatic carbocycles. The van der Waals surface area contributed by atoms with Gasteiger partial charge in [0.15, 0.2) is 8.07 Å². The Morgan fingerprint density at radius 2 is 1.03 bits per heavy atom. The van der Waals surface area contributed by atoms with Crippen molar-refractivity contribution >= 4 is 77.5 Å². The predicted octanol–water partition coefficient (Wildman–Crippen LogP) is 12.1. The summed E-state index contributed by atoms with van der Waals surface area (Å²) in [5, 5.41) is 7.95. The first kappa shape index (κ1) is 38.0. The van der Waals surface area contributed by atoms with Gasteiger partial charge in [0.05, 0.1) is 11.1 Å². The molecular weight excluding hydrogens is 811 g/mol. The van der Waals surface area contributed by atoms with Gasteiger partial charge in [-0.05, 0) is 91.5 Å². The Labute approximate surface area is 378 Å². The summed E-state index contributed by atoms with van der Waals surface area (Å²) in [7, 11) is -3.02. The van der Waals surface area contributed by atoms with Crippen LogP contribution in [0, 0.1) is 0 Å². The molecule has 0 fully saturated rings. The van der Waals surface area contributed by atoms with E-state index in [0.29, 0.717) is 0 Å². The third-order valence-electron chi connectivity index (χ3n) is 13.2. The molecule has 0 spiro atoms. The highest BCUT2D eigenvalue weighted by molar-refractivity contribution is 7.31. The molecule has 5 heteroatoms. The van der Waals surface area contributed by atoms with Crippen LogP contribution in [0.1, 0.15) is 22.3 Å². The lowest BCUT2D eigenvalue weighted by atomic mass is 9.65. The molecule has 0 saturated heterocycles. The van der Waals surface area contributed by atoms with E-state index in [-0.39, 0.29) is 0 Å². The molecule has 3 nitrogen and oxygen atoms in total. The van der Waals surface area contributed by atoms with Crippen LogP contribution in [0.2, 0.25) is 0 Å². The Balaban J connectivity index is 1.18. The molecule has 12 rings (SSSR count). The highest BCUT2D eigenvalue weighted by atomic mass is 32.1. The van der Waals surface area contributed by atoms with Crippen LogP contribution in [-0.2, 0) is 5.41 Å². The summed E-state index contributed by atoms with van der Waals surface area (Å²) < 4.78 is 2.63. The van der Waals surface area contributed by atoms with Gasteiger partial charge in [-0.3, -0.25) is 9.88 Å². The zero-order valence-electron chi connectivity index (χ0n) is 34.9. The lowest BCUT2D eigenvalue weighted by Crippen LogP contribution is -2.77. The van der Waals surface area contributed by atoms with E-state index in [0.717, 1.165) is 33.9 Å². The number of pyridine rings is 2. The van der Waals surface area contributed by atoms with Crippen molar-refractivity contribution in [1.82, 2.24) is 9.97 Å². The van der Waals surface area contributed by atoms with Gasteiger partial charge in [-0.15, -0.1) is 11.3 Å². The number of aromatic nitrogens is 2. The van der Waals surface area contributed by atoms with Crippen LogP contribution in [0.15, 0.2) is 249 Å². The number of fused-ring (bicyclic) bond motifs is 6. The van der Waals surface area contributed by atoms with E-state index in [2.05, 4.69) is 235 Å². The second kappa shape index (κ2) is 15.6. The van der Waals surface area contributed by atoms with Crippen molar-refractivity contribution in [1.29, 1.82) is 0 Å². The number of rotatable bonds is 8. The molecular formula is C59H41N3SSi. The first-order valence-electron chi connectivity index (χ1n) is 21.8. The summed E-state index contributed by atoms with van der Waals surface area (Å²) in [6.45, 7) is 0. The lowest BCUT2D eigenvalue weighted by Gasteiger charge is -2.44. The van der Waals surface area contributed by atoms with Crippen molar-refractivity contribution in [2.75, 3.05) is 4.90 Å². The van der Waals surface area contributed by atoms with Gasteiger partial charge in [0.2, 0.25) is 0 Å². The summed E-state index contributed by atoms with van der Waals surface area (Å²) in [6, 6.07) is 86.9. The fourth-order valence-electron chi connectivity index (χ4n) is 10.5. The van der Waals surface area contributed by atoms with Gasteiger partial charge in [0.25, 0.3) is 0 Å². The fourth-order valence-corrected chi connectivity index (χ4v) is 17.4. The minimum absolute atomic E-state index is 0.698. The van der Waals surface area contributed by atoms with E-state index >= 15 is 0 Å². The van der Waals surface area contributed by atoms with E-state index in [1.807, 2.05) is 29.8 Å². The molecule has 1 aliphatic rings. The number of benzene rings is 8. The van der Waals surface area contributed by atoms with E-state index in [9.17, 15) is 0 Å². The highest BCUT2D eigenvalue weighted by Gasteiger charge is 2.51. The fraction of sp³-hybridized carbons (Fsp3) is 0.0169. The first-order chi connectivity index (χ1) is 31.8. The number of thiophene rings is 1. The van der Waals surface area contributed by atoms with Crippen molar-refractivity contribution in [2.24, 2.45) is 0 Å². The second-order valence-electron chi connectivity index (χ2n) is 16.5. The molecule has 11 aromatic rings. The Morgan fingerprint density at radius 1 is 0.438 bits per heavy atom. The minimum Gasteiger partial charge on any atom is -0.295 e. The minimum atomic E-state index is -3.02. The summed E-state index contributed by atoms with van der Waals surface area (Å²) in [5.74, 6) is 0.967. The molecule has 0 saturated carbocycles. The third kappa shape index (κ3) is 5.78. The smallest absolute Gasteiger partial charge is 0.188 e. The number of nitrogens with zero attached hydrogens (tertiary/aromatic N) is 3. The predicted molar refractivity (Wildman–Crippen MR) is 271 cm³/mol. The SMILES string of the molecule is c1ccc(C(c2ccccc2)(c2cccc(-c3ccccn3)c2)c2cccc(N3c4ccc5c(sc6ccccc65)c4[Si](c4ccccc4)(c4ccccc4)c4cccnc43)c2)cc1. The summed E-state index contributed by atoms with van der Waals surface area (Å²) in [5.41, 5.74) is 8.22. The molecule has 0 N–H and O–H groups in total. The van der Waals surface area contributed by atoms with Gasteiger partial charge in [-0.2, -0.15) is 0 Å². The van der Waals surface area contributed by atoms with Crippen molar-refractivity contribution in [3.63, 3.8) is 0 Å². The van der Waals surface area contributed by atoms with Crippen LogP contribution >= 0.6 is 11.3 Å². The molecule has 0 amide bonds. The van der Waals surface area contributed by atoms with E-state index in [4.69, 9.17) is 9.97 Å². The molecule has 0 atom stereocenters. The molecule has 1 aliphatic heterocycles. The Bertz CT molecular complexity index is 3370. The summed E-state index contributed by atoms with van der Waals surface area (Å²) in [4.78, 5) is 12.7. The van der Waals surface area contributed by atoms with Crippen LogP contribution < -0.4 is 25.6 Å². The van der Waals surface area contributed by atoms with Crippen molar-refractivity contribution in [3.8, 4) is 11.3 Å². The largest absolute Gasteiger partial charge is 0.295 e. The van der Waals surface area contributed by atoms with Crippen LogP contribution in [0.25, 0.3) is 31.4 Å². The van der Waals surface area contributed by atoms with E-state index < -0.39 is 13.5 Å². The molecule has 0 bridgehead atoms. The number of anilines is 3. The average Bonchev–Trinajstić information content (AvgIpc) is 3.76. The van der Waals surface area contributed by atoms with Gasteiger partial charge in [0, 0.05) is 49.5 Å². The van der Waals surface area contributed by atoms with Gasteiger partial charge in [-0.25, -0.2) is 4.98 Å². The lowest BCUT2D eigenvalue weighted by molar-refractivity contribution is 0.745. The Morgan fingerprint density at radius 3 is 1.72 bits per heavy atom. The molecule has 3 aromatic heterocycles. The van der Waals surface area contributed by atoms with Crippen LogP contribution in [0.5, 0.6) is 0 Å². The summed E-state index contributed by atoms with van der Waals surface area (Å²) in [6.07, 6.45) is 3.84. The summed E-state index contributed by atoms with van der Waals surface area (Å²) >= 11 is 1.92. The van der Waals surface area contributed by atoms with Crippen LogP contribution in [-0.4, -0.2) is 18.0 Å². The molecule has 0 unspecified atom stereocenters. The quantitative estimate of drug-likeness (QED) is 0.113. The maximum absolute atomic E-state index is 5.41. The normalized spacial score (nSPS) is 13.1. The second-order valence-corrected chi connectivity index (χ2v) is 21.2. The van der Waals surface area contributed by atoms with Crippen molar-refractivity contribution < 1.29 is 0 Å². The Kier molecular flexibility index (Phi) is 9.25. The monoisotopic (exact) mass is 851 g/mol. The zero-order chi connectivity index (χ0) is 42.5. The van der Waals surface area contributed by atoms with Gasteiger partial charge >= 0.3 is 0 Å². The highest BCUT2D eigenvalue weighted by Crippen LogP contribution is 2.49. The molecule has 4 heterocycles. The number of hydrogen-bond acceptors (Lipinski definition) is 4. The third-order valence-corrected chi connectivity index (χ3v) is 19.4. The van der Waals surface area contributed by atoms with Gasteiger partial charge in [-0.1, -0.05) is 188 Å². The van der Waals surface area contributed by atoms with Crippen molar-refractivity contribution in [2.45, 2.75) is 5.41 Å². The topological polar surface area (TPSA) is 29.0 Å². The Hall–Kier alpha value is -7.70. The zero-order valence-corrected chi connectivity index (χ0v) is 36.7. The van der Waals surface area contributed by atoms with Crippen LogP contribution in [0.3, 0.4) is 0 Å². The van der Waals surface area contributed by atoms with Crippen LogP contribution in [0.4, 0.5) is 17.2 Å². The maximum Gasteiger partial charge on any atom is 0.188 e. The number of hydrogen-bond donors (Lipinski definition) is 0. The van der Waals surface area contributed by atoms with E-state index in [1.165, 1.54) is 57.7 Å². The molecule has 8 aromatic carbocycles. The maximum atomic E-state index is 5.41. The van der Waals surface area contributed by atoms with E-state index in [1.54, 1.807) is 0 Å². The molecule has 302 valence electrons. The molecule has 0 radical (unpaired) electrons. The standard InChI is InChI=1S/C59H41N3SSi/c1-5-21-43(22-6-1)59(44-23-7-2-8-24-44,45-25-17-20-42(40-45)52-33-15-16-38-60-52)46-26-18-27-47(41-46)62-53-37-36-51-50-32-13-14-34-54(50)63-56(51)57(53)64(48-28-9-3-10-29-48,49-30-11-4-12-31-49)55-35-19-39-61-58(55)62/h1-41H. The first-order valence-corrected chi connectivity index (χ1v) is 24.6. The average molecular weight is 852 g/mol. The van der Waals surface area contributed by atoms with Gasteiger partial charge in [0.1, 0.15) is 5.82 Å². The van der Waals surface area contributed by atoms with Gasteiger partial charge < -0.3 is 0 Å². The van der Waals surface area contributed by atoms with Crippen molar-refractivity contribution in [3.05, 3.63) is 271 Å². The molecule has 64 heavy (non-hydrogen) atoms.